The molecule has 0 aliphatic rings. The fraction of sp³-hybridized carbons (Fsp3) is 0.400. The molecule has 0 radical (unpaired) electrons. The van der Waals surface area contributed by atoms with Crippen molar-refractivity contribution in [2.75, 3.05) is 13.7 Å². The summed E-state index contributed by atoms with van der Waals surface area (Å²) in [4.78, 5) is 0. The zero-order valence-corrected chi connectivity index (χ0v) is 9.64. The smallest absolute Gasteiger partial charge is 0.420 e. The second kappa shape index (κ2) is 5.12. The van der Waals surface area contributed by atoms with Gasteiger partial charge in [-0.2, -0.15) is 13.2 Å². The van der Waals surface area contributed by atoms with Crippen LogP contribution in [-0.2, 0) is 6.18 Å². The number of aliphatic hydroxyl groups is 1. The van der Waals surface area contributed by atoms with Crippen LogP contribution < -0.4 is 10.5 Å². The van der Waals surface area contributed by atoms with Gasteiger partial charge in [0.2, 0.25) is 0 Å². The molecule has 1 aromatic rings. The van der Waals surface area contributed by atoms with Crippen LogP contribution in [-0.4, -0.2) is 18.8 Å². The molecule has 1 unspecified atom stereocenters. The molecule has 0 bridgehead atoms. The third kappa shape index (κ3) is 3.02. The number of hydrogen-bond acceptors (Lipinski definition) is 3. The fourth-order valence-electron chi connectivity index (χ4n) is 1.43. The average molecular weight is 270 g/mol. The summed E-state index contributed by atoms with van der Waals surface area (Å²) in [5.74, 6) is -0.413. The van der Waals surface area contributed by atoms with E-state index in [2.05, 4.69) is 0 Å². The lowest BCUT2D eigenvalue weighted by atomic mass is 10.0. The summed E-state index contributed by atoms with van der Waals surface area (Å²) < 4.78 is 42.9. The molecule has 0 aliphatic heterocycles. The Balaban J connectivity index is 3.46. The molecule has 0 fully saturated rings. The second-order valence-corrected chi connectivity index (χ2v) is 3.80. The summed E-state index contributed by atoms with van der Waals surface area (Å²) in [5.41, 5.74) is 4.51. The monoisotopic (exact) mass is 269 g/mol. The number of nitrogens with two attached hydrogens (primary N) is 1. The number of aliphatic hydroxyl groups excluding tert-OH is 1. The van der Waals surface area contributed by atoms with Gasteiger partial charge in [-0.3, -0.25) is 0 Å². The first-order valence-electron chi connectivity index (χ1n) is 4.62. The van der Waals surface area contributed by atoms with Crippen LogP contribution in [0.15, 0.2) is 12.1 Å². The second-order valence-electron chi connectivity index (χ2n) is 3.36. The summed E-state index contributed by atoms with van der Waals surface area (Å²) in [6, 6.07) is 1.02. The molecular weight excluding hydrogens is 259 g/mol. The standard InChI is InChI=1S/C10H11ClF3NO2/c1-17-9-6(8(15)4-16)2-5(11)3-7(9)10(12,13)14/h2-3,8,16H,4,15H2,1H3. The summed E-state index contributed by atoms with van der Waals surface area (Å²) >= 11 is 5.59. The molecule has 0 heterocycles. The van der Waals surface area contributed by atoms with Gasteiger partial charge in [0.25, 0.3) is 0 Å². The van der Waals surface area contributed by atoms with E-state index in [1.54, 1.807) is 0 Å². The number of hydrogen-bond donors (Lipinski definition) is 2. The molecule has 1 atom stereocenters. The zero-order chi connectivity index (χ0) is 13.2. The van der Waals surface area contributed by atoms with Crippen molar-refractivity contribution in [1.82, 2.24) is 0 Å². The normalized spacial score (nSPS) is 13.6. The van der Waals surface area contributed by atoms with Crippen molar-refractivity contribution in [3.05, 3.63) is 28.3 Å². The van der Waals surface area contributed by atoms with Gasteiger partial charge in [-0.25, -0.2) is 0 Å². The van der Waals surface area contributed by atoms with Gasteiger partial charge in [-0.05, 0) is 12.1 Å². The molecule has 1 rings (SSSR count). The lowest BCUT2D eigenvalue weighted by Gasteiger charge is -2.19. The van der Waals surface area contributed by atoms with Gasteiger partial charge in [0.05, 0.1) is 25.3 Å². The number of alkyl halides is 3. The average Bonchev–Trinajstić information content (AvgIpc) is 2.25. The van der Waals surface area contributed by atoms with Gasteiger partial charge in [0, 0.05) is 10.6 Å². The van der Waals surface area contributed by atoms with Crippen molar-refractivity contribution in [3.8, 4) is 5.75 Å². The Bertz CT molecular complexity index is 409. The van der Waals surface area contributed by atoms with Crippen LogP contribution in [0.3, 0.4) is 0 Å². The Morgan fingerprint density at radius 2 is 2.06 bits per heavy atom. The van der Waals surface area contributed by atoms with Crippen LogP contribution in [0.25, 0.3) is 0 Å². The van der Waals surface area contributed by atoms with Gasteiger partial charge in [-0.1, -0.05) is 11.6 Å². The first-order valence-corrected chi connectivity index (χ1v) is 5.00. The molecule has 17 heavy (non-hydrogen) atoms. The van der Waals surface area contributed by atoms with Gasteiger partial charge < -0.3 is 15.6 Å². The number of benzene rings is 1. The van der Waals surface area contributed by atoms with E-state index in [-0.39, 0.29) is 10.6 Å². The minimum absolute atomic E-state index is 0.0230. The van der Waals surface area contributed by atoms with Crippen molar-refractivity contribution < 1.29 is 23.0 Å². The summed E-state index contributed by atoms with van der Waals surface area (Å²) in [6.07, 6.45) is -4.60. The fourth-order valence-corrected chi connectivity index (χ4v) is 1.65. The van der Waals surface area contributed by atoms with E-state index in [0.29, 0.717) is 0 Å². The van der Waals surface area contributed by atoms with E-state index < -0.39 is 30.1 Å². The molecule has 96 valence electrons. The Hall–Kier alpha value is -0.980. The van der Waals surface area contributed by atoms with Crippen molar-refractivity contribution >= 4 is 11.6 Å². The van der Waals surface area contributed by atoms with Crippen LogP contribution in [0.5, 0.6) is 5.75 Å². The van der Waals surface area contributed by atoms with Crippen LogP contribution >= 0.6 is 11.6 Å². The van der Waals surface area contributed by atoms with Crippen LogP contribution in [0.1, 0.15) is 17.2 Å². The maximum atomic E-state index is 12.7. The largest absolute Gasteiger partial charge is 0.496 e. The van der Waals surface area contributed by atoms with Gasteiger partial charge in [0.15, 0.2) is 0 Å². The Morgan fingerprint density at radius 1 is 1.47 bits per heavy atom. The number of halogens is 4. The van der Waals surface area contributed by atoms with E-state index in [1.165, 1.54) is 6.07 Å². The third-order valence-corrected chi connectivity index (χ3v) is 2.41. The van der Waals surface area contributed by atoms with Gasteiger partial charge in [-0.15, -0.1) is 0 Å². The molecule has 0 aromatic heterocycles. The van der Waals surface area contributed by atoms with E-state index in [4.69, 9.17) is 27.2 Å². The van der Waals surface area contributed by atoms with Crippen molar-refractivity contribution in [3.63, 3.8) is 0 Å². The predicted octanol–water partition coefficient (Wildman–Crippen LogP) is 2.36. The van der Waals surface area contributed by atoms with E-state index in [9.17, 15) is 13.2 Å². The highest BCUT2D eigenvalue weighted by molar-refractivity contribution is 6.30. The molecule has 1 aromatic carbocycles. The molecule has 0 spiro atoms. The Kier molecular flexibility index (Phi) is 4.24. The van der Waals surface area contributed by atoms with Crippen LogP contribution in [0.2, 0.25) is 5.02 Å². The molecule has 7 heteroatoms. The highest BCUT2D eigenvalue weighted by atomic mass is 35.5. The zero-order valence-electron chi connectivity index (χ0n) is 8.88. The van der Waals surface area contributed by atoms with Gasteiger partial charge >= 0.3 is 6.18 Å². The highest BCUT2D eigenvalue weighted by Crippen LogP contribution is 2.41. The first-order chi connectivity index (χ1) is 7.81. The summed E-state index contributed by atoms with van der Waals surface area (Å²) in [7, 11) is 1.10. The third-order valence-electron chi connectivity index (χ3n) is 2.19. The minimum Gasteiger partial charge on any atom is -0.496 e. The predicted molar refractivity (Wildman–Crippen MR) is 57.0 cm³/mol. The summed E-state index contributed by atoms with van der Waals surface area (Å²) in [6.45, 7) is -0.506. The van der Waals surface area contributed by atoms with Gasteiger partial charge in [0.1, 0.15) is 5.75 Å². The molecule has 0 amide bonds. The highest BCUT2D eigenvalue weighted by Gasteiger charge is 2.36. The van der Waals surface area contributed by atoms with Crippen molar-refractivity contribution in [2.24, 2.45) is 5.73 Å². The molecule has 3 nitrogen and oxygen atoms in total. The molecule has 3 N–H and O–H groups in total. The maximum Gasteiger partial charge on any atom is 0.420 e. The summed E-state index contributed by atoms with van der Waals surface area (Å²) in [5, 5.41) is 8.77. The topological polar surface area (TPSA) is 55.5 Å². The van der Waals surface area contributed by atoms with Crippen LogP contribution in [0, 0.1) is 0 Å². The SMILES string of the molecule is COc1c(C(N)CO)cc(Cl)cc1C(F)(F)F. The van der Waals surface area contributed by atoms with E-state index in [1.807, 2.05) is 0 Å². The molecule has 0 aliphatic carbocycles. The quantitative estimate of drug-likeness (QED) is 0.886. The number of methoxy groups -OCH3 is 1. The maximum absolute atomic E-state index is 12.7. The lowest BCUT2D eigenvalue weighted by Crippen LogP contribution is -2.18. The Labute approximate surface area is 101 Å². The first kappa shape index (κ1) is 14.1. The van der Waals surface area contributed by atoms with Crippen molar-refractivity contribution in [2.45, 2.75) is 12.2 Å². The molecule has 0 saturated heterocycles. The molecular formula is C10H11ClF3NO2. The van der Waals surface area contributed by atoms with E-state index in [0.717, 1.165) is 13.2 Å². The van der Waals surface area contributed by atoms with E-state index >= 15 is 0 Å². The van der Waals surface area contributed by atoms with Crippen molar-refractivity contribution in [1.29, 1.82) is 0 Å². The minimum atomic E-state index is -4.60. The molecule has 0 saturated carbocycles. The number of ether oxygens (including phenoxy) is 1. The Morgan fingerprint density at radius 3 is 2.47 bits per heavy atom. The lowest BCUT2D eigenvalue weighted by molar-refractivity contribution is -0.138. The number of rotatable bonds is 3. The van der Waals surface area contributed by atoms with Crippen LogP contribution in [0.4, 0.5) is 13.2 Å².